The van der Waals surface area contributed by atoms with Crippen LogP contribution in [0, 0.1) is 0 Å². The Kier molecular flexibility index (Phi) is 7.56. The van der Waals surface area contributed by atoms with Gasteiger partial charge in [-0.05, 0) is 67.0 Å². The number of phenolic OH excluding ortho intramolecular Hbond substituents is 1. The van der Waals surface area contributed by atoms with Crippen molar-refractivity contribution in [1.82, 2.24) is 9.80 Å². The molecule has 0 heterocycles. The molecule has 0 bridgehead atoms. The molecule has 4 nitrogen and oxygen atoms in total. The number of phenols is 1. The number of hydrogen-bond donors (Lipinski definition) is 2. The highest BCUT2D eigenvalue weighted by atomic mass is 16.3. The van der Waals surface area contributed by atoms with Gasteiger partial charge in [0.1, 0.15) is 5.75 Å². The zero-order valence-corrected chi connectivity index (χ0v) is 16.8. The molecule has 0 amide bonds. The number of rotatable bonds is 8. The predicted octanol–water partition coefficient (Wildman–Crippen LogP) is 4.21. The Bertz CT molecular complexity index is 465. The summed E-state index contributed by atoms with van der Waals surface area (Å²) in [6, 6.07) is 5.54. The summed E-state index contributed by atoms with van der Waals surface area (Å²) in [4.78, 5) is 4.78. The fourth-order valence-corrected chi connectivity index (χ4v) is 3.28. The number of nitrogens with two attached hydrogens (primary N) is 1. The van der Waals surface area contributed by atoms with E-state index < -0.39 is 0 Å². The molecule has 0 fully saturated rings. The van der Waals surface area contributed by atoms with Crippen LogP contribution in [0.5, 0.6) is 5.75 Å². The Labute approximate surface area is 148 Å². The zero-order valence-electron chi connectivity index (χ0n) is 16.8. The molecule has 1 rings (SSSR count). The monoisotopic (exact) mass is 335 g/mol. The maximum absolute atomic E-state index is 10.4. The minimum Gasteiger partial charge on any atom is -0.508 e. The van der Waals surface area contributed by atoms with Crippen LogP contribution in [0.1, 0.15) is 66.5 Å². The zero-order chi connectivity index (χ0) is 18.6. The molecule has 1 aromatic rings. The Morgan fingerprint density at radius 2 is 1.12 bits per heavy atom. The summed E-state index contributed by atoms with van der Waals surface area (Å²) >= 11 is 0. The van der Waals surface area contributed by atoms with Crippen LogP contribution in [-0.4, -0.2) is 39.1 Å². The van der Waals surface area contributed by atoms with Crippen molar-refractivity contribution >= 4 is 5.69 Å². The lowest BCUT2D eigenvalue weighted by Gasteiger charge is -2.32. The number of benzene rings is 1. The average Bonchev–Trinajstić information content (AvgIpc) is 2.43. The summed E-state index contributed by atoms with van der Waals surface area (Å²) in [5.41, 5.74) is 8.91. The second-order valence-corrected chi connectivity index (χ2v) is 7.90. The first-order valence-electron chi connectivity index (χ1n) is 9.16. The molecule has 0 atom stereocenters. The maximum Gasteiger partial charge on any atom is 0.122 e. The van der Waals surface area contributed by atoms with Crippen LogP contribution in [0.3, 0.4) is 0 Å². The minimum atomic E-state index is 0.295. The summed E-state index contributed by atoms with van der Waals surface area (Å²) in [5.74, 6) is 0.295. The minimum absolute atomic E-state index is 0.295. The summed E-state index contributed by atoms with van der Waals surface area (Å²) in [7, 11) is 0. The van der Waals surface area contributed by atoms with E-state index in [-0.39, 0.29) is 0 Å². The third-order valence-corrected chi connectivity index (χ3v) is 4.70. The third-order valence-electron chi connectivity index (χ3n) is 4.70. The number of anilines is 1. The van der Waals surface area contributed by atoms with Crippen LogP contribution in [0.15, 0.2) is 12.1 Å². The first-order chi connectivity index (χ1) is 11.0. The molecule has 3 N–H and O–H groups in total. The Morgan fingerprint density at radius 3 is 1.50 bits per heavy atom. The van der Waals surface area contributed by atoms with Gasteiger partial charge >= 0.3 is 0 Å². The van der Waals surface area contributed by atoms with Gasteiger partial charge in [-0.15, -0.1) is 0 Å². The van der Waals surface area contributed by atoms with Gasteiger partial charge in [-0.2, -0.15) is 0 Å². The van der Waals surface area contributed by atoms with E-state index in [2.05, 4.69) is 71.3 Å². The van der Waals surface area contributed by atoms with E-state index in [0.717, 1.165) is 24.2 Å². The average molecular weight is 336 g/mol. The first kappa shape index (κ1) is 20.8. The van der Waals surface area contributed by atoms with E-state index in [1.807, 2.05) is 0 Å². The van der Waals surface area contributed by atoms with Gasteiger partial charge in [0.05, 0.1) is 0 Å². The molecular formula is C20H37N3O. The van der Waals surface area contributed by atoms with E-state index in [0.29, 0.717) is 35.6 Å². The first-order valence-corrected chi connectivity index (χ1v) is 9.16. The smallest absolute Gasteiger partial charge is 0.122 e. The Morgan fingerprint density at radius 1 is 0.750 bits per heavy atom. The van der Waals surface area contributed by atoms with Crippen molar-refractivity contribution < 1.29 is 5.11 Å². The second-order valence-electron chi connectivity index (χ2n) is 7.90. The molecule has 0 aromatic heterocycles. The molecule has 0 spiro atoms. The fraction of sp³-hybridized carbons (Fsp3) is 0.700. The van der Waals surface area contributed by atoms with Gasteiger partial charge in [0.15, 0.2) is 0 Å². The lowest BCUT2D eigenvalue weighted by atomic mass is 10.0. The molecule has 1 aromatic carbocycles. The number of hydrogen-bond acceptors (Lipinski definition) is 4. The summed E-state index contributed by atoms with van der Waals surface area (Å²) in [6.07, 6.45) is 0. The van der Waals surface area contributed by atoms with Crippen LogP contribution in [-0.2, 0) is 13.1 Å². The number of nitrogens with zero attached hydrogens (tertiary/aromatic N) is 2. The van der Waals surface area contributed by atoms with Crippen LogP contribution in [0.4, 0.5) is 5.69 Å². The highest BCUT2D eigenvalue weighted by molar-refractivity contribution is 5.54. The van der Waals surface area contributed by atoms with Gasteiger partial charge < -0.3 is 10.8 Å². The van der Waals surface area contributed by atoms with E-state index in [4.69, 9.17) is 5.73 Å². The van der Waals surface area contributed by atoms with Gasteiger partial charge in [0.25, 0.3) is 0 Å². The Hall–Kier alpha value is -1.26. The van der Waals surface area contributed by atoms with E-state index in [9.17, 15) is 5.11 Å². The summed E-state index contributed by atoms with van der Waals surface area (Å²) in [6.45, 7) is 19.1. The van der Waals surface area contributed by atoms with Crippen molar-refractivity contribution in [2.45, 2.75) is 92.6 Å². The van der Waals surface area contributed by atoms with Crippen molar-refractivity contribution in [3.63, 3.8) is 0 Å². The van der Waals surface area contributed by atoms with Gasteiger partial charge in [-0.1, -0.05) is 0 Å². The highest BCUT2D eigenvalue weighted by Gasteiger charge is 2.19. The molecule has 0 aliphatic rings. The molecule has 138 valence electrons. The molecule has 0 saturated heterocycles. The van der Waals surface area contributed by atoms with Crippen LogP contribution >= 0.6 is 0 Å². The van der Waals surface area contributed by atoms with E-state index in [1.54, 1.807) is 6.07 Å². The van der Waals surface area contributed by atoms with E-state index in [1.165, 1.54) is 0 Å². The predicted molar refractivity (Wildman–Crippen MR) is 104 cm³/mol. The lowest BCUT2D eigenvalue weighted by Crippen LogP contribution is -2.37. The molecular weight excluding hydrogens is 298 g/mol. The normalized spacial score (nSPS) is 12.6. The molecule has 0 aliphatic carbocycles. The van der Waals surface area contributed by atoms with Gasteiger partial charge in [-0.25, -0.2) is 0 Å². The molecule has 0 aliphatic heterocycles. The lowest BCUT2D eigenvalue weighted by molar-refractivity contribution is 0.162. The molecule has 0 saturated carbocycles. The largest absolute Gasteiger partial charge is 0.508 e. The van der Waals surface area contributed by atoms with Gasteiger partial charge in [0, 0.05) is 54.6 Å². The number of aromatic hydroxyl groups is 1. The summed E-state index contributed by atoms with van der Waals surface area (Å²) in [5, 5.41) is 10.4. The standard InChI is InChI=1S/C20H37N3O/c1-13(2)22(14(3)4)11-17-9-18(20(24)10-19(17)21)12-23(15(5)6)16(7)8/h9-10,13-16,24H,11-12,21H2,1-8H3. The van der Waals surface area contributed by atoms with Crippen LogP contribution in [0.2, 0.25) is 0 Å². The molecule has 0 radical (unpaired) electrons. The van der Waals surface area contributed by atoms with Crippen molar-refractivity contribution in [3.8, 4) is 5.75 Å². The van der Waals surface area contributed by atoms with Crippen LogP contribution in [0.25, 0.3) is 0 Å². The quantitative estimate of drug-likeness (QED) is 0.699. The Balaban J connectivity index is 3.12. The fourth-order valence-electron chi connectivity index (χ4n) is 3.28. The topological polar surface area (TPSA) is 52.7 Å². The van der Waals surface area contributed by atoms with E-state index >= 15 is 0 Å². The van der Waals surface area contributed by atoms with Gasteiger partial charge in [0.2, 0.25) is 0 Å². The van der Waals surface area contributed by atoms with Crippen molar-refractivity contribution in [2.24, 2.45) is 0 Å². The second kappa shape index (κ2) is 8.72. The van der Waals surface area contributed by atoms with Crippen LogP contribution < -0.4 is 5.73 Å². The molecule has 4 heteroatoms. The SMILES string of the molecule is CC(C)N(Cc1cc(CN(C(C)C)C(C)C)c(O)cc1N)C(C)C. The molecule has 24 heavy (non-hydrogen) atoms. The molecule has 0 unspecified atom stereocenters. The maximum atomic E-state index is 10.4. The van der Waals surface area contributed by atoms with Crippen molar-refractivity contribution in [3.05, 3.63) is 23.3 Å². The van der Waals surface area contributed by atoms with Crippen molar-refractivity contribution in [1.29, 1.82) is 0 Å². The third kappa shape index (κ3) is 5.38. The van der Waals surface area contributed by atoms with Gasteiger partial charge in [-0.3, -0.25) is 9.80 Å². The number of nitrogen functional groups attached to an aromatic ring is 1. The highest BCUT2D eigenvalue weighted by Crippen LogP contribution is 2.28. The summed E-state index contributed by atoms with van der Waals surface area (Å²) < 4.78 is 0. The van der Waals surface area contributed by atoms with Crippen molar-refractivity contribution in [2.75, 3.05) is 5.73 Å².